The van der Waals surface area contributed by atoms with Crippen molar-refractivity contribution in [2.75, 3.05) is 20.2 Å². The van der Waals surface area contributed by atoms with E-state index in [-0.39, 0.29) is 0 Å². The van der Waals surface area contributed by atoms with Crippen molar-refractivity contribution in [1.29, 1.82) is 0 Å². The standard InChI is InChI=1S/C19H23NO2S/c1-14-3-8-18(23-16-6-4-15(22-2)5-7-16)17(13-14)19(21)9-11-20-12-10-19/h3-8,13,20-21H,9-12H2,1-2H3. The Morgan fingerprint density at radius 1 is 1.09 bits per heavy atom. The van der Waals surface area contributed by atoms with Crippen LogP contribution in [0.4, 0.5) is 0 Å². The van der Waals surface area contributed by atoms with Crippen molar-refractivity contribution in [1.82, 2.24) is 5.32 Å². The van der Waals surface area contributed by atoms with Crippen molar-refractivity contribution in [3.8, 4) is 5.75 Å². The number of piperidine rings is 1. The predicted octanol–water partition coefficient (Wildman–Crippen LogP) is 3.73. The molecular weight excluding hydrogens is 306 g/mol. The third kappa shape index (κ3) is 3.71. The highest BCUT2D eigenvalue weighted by Crippen LogP contribution is 2.40. The van der Waals surface area contributed by atoms with Gasteiger partial charge in [0.15, 0.2) is 0 Å². The van der Waals surface area contributed by atoms with Gasteiger partial charge in [-0.25, -0.2) is 0 Å². The molecule has 4 heteroatoms. The number of rotatable bonds is 4. The fourth-order valence-corrected chi connectivity index (χ4v) is 4.00. The van der Waals surface area contributed by atoms with E-state index >= 15 is 0 Å². The van der Waals surface area contributed by atoms with Gasteiger partial charge >= 0.3 is 0 Å². The minimum atomic E-state index is -0.730. The summed E-state index contributed by atoms with van der Waals surface area (Å²) in [7, 11) is 1.67. The monoisotopic (exact) mass is 329 g/mol. The van der Waals surface area contributed by atoms with Crippen molar-refractivity contribution in [3.63, 3.8) is 0 Å². The van der Waals surface area contributed by atoms with Crippen LogP contribution in [0.3, 0.4) is 0 Å². The molecule has 0 bridgehead atoms. The summed E-state index contributed by atoms with van der Waals surface area (Å²) in [5.41, 5.74) is 1.51. The molecule has 0 aliphatic carbocycles. The lowest BCUT2D eigenvalue weighted by Crippen LogP contribution is -2.40. The molecule has 3 nitrogen and oxygen atoms in total. The van der Waals surface area contributed by atoms with Crippen LogP contribution in [-0.2, 0) is 5.60 Å². The third-order valence-electron chi connectivity index (χ3n) is 4.35. The maximum atomic E-state index is 11.1. The lowest BCUT2D eigenvalue weighted by molar-refractivity contribution is 0.00345. The molecule has 0 unspecified atom stereocenters. The Kier molecular flexibility index (Phi) is 4.95. The van der Waals surface area contributed by atoms with Gasteiger partial charge in [-0.05, 0) is 68.8 Å². The molecule has 0 amide bonds. The van der Waals surface area contributed by atoms with Crippen LogP contribution < -0.4 is 10.1 Å². The molecule has 122 valence electrons. The SMILES string of the molecule is COc1ccc(Sc2ccc(C)cc2C2(O)CCNCC2)cc1. The number of nitrogens with one attached hydrogen (secondary N) is 1. The summed E-state index contributed by atoms with van der Waals surface area (Å²) in [6, 6.07) is 14.4. The summed E-state index contributed by atoms with van der Waals surface area (Å²) in [6.45, 7) is 3.80. The predicted molar refractivity (Wildman–Crippen MR) is 94.3 cm³/mol. The second-order valence-electron chi connectivity index (χ2n) is 6.06. The first-order valence-corrected chi connectivity index (χ1v) is 8.78. The van der Waals surface area contributed by atoms with Crippen LogP contribution in [0, 0.1) is 6.92 Å². The zero-order chi connectivity index (χ0) is 16.3. The number of hydrogen-bond acceptors (Lipinski definition) is 4. The maximum Gasteiger partial charge on any atom is 0.118 e. The number of aliphatic hydroxyl groups is 1. The van der Waals surface area contributed by atoms with E-state index in [1.807, 2.05) is 12.1 Å². The lowest BCUT2D eigenvalue weighted by atomic mass is 9.84. The molecule has 23 heavy (non-hydrogen) atoms. The number of ether oxygens (including phenoxy) is 1. The van der Waals surface area contributed by atoms with Crippen LogP contribution in [0.15, 0.2) is 52.3 Å². The van der Waals surface area contributed by atoms with Crippen LogP contribution in [0.1, 0.15) is 24.0 Å². The smallest absolute Gasteiger partial charge is 0.118 e. The normalized spacial score (nSPS) is 17.0. The van der Waals surface area contributed by atoms with E-state index in [2.05, 4.69) is 42.6 Å². The Morgan fingerprint density at radius 3 is 2.43 bits per heavy atom. The first-order valence-electron chi connectivity index (χ1n) is 7.97. The quantitative estimate of drug-likeness (QED) is 0.897. The average molecular weight is 329 g/mol. The van der Waals surface area contributed by atoms with Crippen LogP contribution in [-0.4, -0.2) is 25.3 Å². The zero-order valence-corrected chi connectivity index (χ0v) is 14.5. The van der Waals surface area contributed by atoms with Crippen LogP contribution in [0.2, 0.25) is 0 Å². The summed E-state index contributed by atoms with van der Waals surface area (Å²) in [5.74, 6) is 0.857. The topological polar surface area (TPSA) is 41.5 Å². The molecule has 2 aromatic carbocycles. The van der Waals surface area contributed by atoms with Crippen LogP contribution in [0.5, 0.6) is 5.75 Å². The highest BCUT2D eigenvalue weighted by Gasteiger charge is 2.33. The Labute approximate surface area is 142 Å². The van der Waals surface area contributed by atoms with E-state index in [1.165, 1.54) is 5.56 Å². The zero-order valence-electron chi connectivity index (χ0n) is 13.6. The van der Waals surface area contributed by atoms with E-state index in [0.717, 1.165) is 47.0 Å². The first-order chi connectivity index (χ1) is 11.1. The molecule has 1 heterocycles. The van der Waals surface area contributed by atoms with Crippen molar-refractivity contribution in [3.05, 3.63) is 53.6 Å². The summed E-state index contributed by atoms with van der Waals surface area (Å²) in [5, 5.41) is 14.5. The van der Waals surface area contributed by atoms with Gasteiger partial charge in [-0.15, -0.1) is 0 Å². The lowest BCUT2D eigenvalue weighted by Gasteiger charge is -2.34. The van der Waals surface area contributed by atoms with Gasteiger partial charge in [0, 0.05) is 9.79 Å². The van der Waals surface area contributed by atoms with E-state index in [9.17, 15) is 5.11 Å². The van der Waals surface area contributed by atoms with Gasteiger partial charge in [0.25, 0.3) is 0 Å². The molecular formula is C19H23NO2S. The Hall–Kier alpha value is -1.49. The molecule has 0 aromatic heterocycles. The van der Waals surface area contributed by atoms with E-state index < -0.39 is 5.60 Å². The Bertz CT molecular complexity index is 664. The van der Waals surface area contributed by atoms with E-state index in [4.69, 9.17) is 4.74 Å². The van der Waals surface area contributed by atoms with Gasteiger partial charge in [0.05, 0.1) is 12.7 Å². The van der Waals surface area contributed by atoms with Gasteiger partial charge < -0.3 is 15.2 Å². The van der Waals surface area contributed by atoms with Crippen molar-refractivity contribution in [2.45, 2.75) is 35.2 Å². The van der Waals surface area contributed by atoms with E-state index in [1.54, 1.807) is 18.9 Å². The fraction of sp³-hybridized carbons (Fsp3) is 0.368. The van der Waals surface area contributed by atoms with Gasteiger partial charge in [0.1, 0.15) is 5.75 Å². The van der Waals surface area contributed by atoms with Gasteiger partial charge in [0.2, 0.25) is 0 Å². The molecule has 1 aliphatic rings. The molecule has 3 rings (SSSR count). The number of benzene rings is 2. The summed E-state index contributed by atoms with van der Waals surface area (Å²) in [4.78, 5) is 2.28. The van der Waals surface area contributed by atoms with Crippen LogP contribution in [0.25, 0.3) is 0 Å². The average Bonchev–Trinajstić information content (AvgIpc) is 2.58. The number of hydrogen-bond donors (Lipinski definition) is 2. The van der Waals surface area contributed by atoms with E-state index in [0.29, 0.717) is 0 Å². The second-order valence-corrected chi connectivity index (χ2v) is 7.17. The van der Waals surface area contributed by atoms with Crippen LogP contribution >= 0.6 is 11.8 Å². The maximum absolute atomic E-state index is 11.1. The second kappa shape index (κ2) is 6.95. The van der Waals surface area contributed by atoms with Crippen molar-refractivity contribution >= 4 is 11.8 Å². The molecule has 2 aromatic rings. The molecule has 1 fully saturated rings. The number of methoxy groups -OCH3 is 1. The van der Waals surface area contributed by atoms with Crippen molar-refractivity contribution < 1.29 is 9.84 Å². The molecule has 0 radical (unpaired) electrons. The fourth-order valence-electron chi connectivity index (χ4n) is 2.98. The Morgan fingerprint density at radius 2 is 1.78 bits per heavy atom. The van der Waals surface area contributed by atoms with Crippen molar-refractivity contribution in [2.24, 2.45) is 0 Å². The highest BCUT2D eigenvalue weighted by atomic mass is 32.2. The minimum absolute atomic E-state index is 0.730. The summed E-state index contributed by atoms with van der Waals surface area (Å²) < 4.78 is 5.21. The first kappa shape index (κ1) is 16.4. The van der Waals surface area contributed by atoms with Gasteiger partial charge in [-0.3, -0.25) is 0 Å². The molecule has 0 saturated carbocycles. The Balaban J connectivity index is 1.92. The van der Waals surface area contributed by atoms with Gasteiger partial charge in [-0.1, -0.05) is 29.5 Å². The summed E-state index contributed by atoms with van der Waals surface area (Å²) >= 11 is 1.70. The minimum Gasteiger partial charge on any atom is -0.497 e. The third-order valence-corrected chi connectivity index (χ3v) is 5.44. The molecule has 1 aliphatic heterocycles. The molecule has 2 N–H and O–H groups in total. The van der Waals surface area contributed by atoms with Gasteiger partial charge in [-0.2, -0.15) is 0 Å². The molecule has 0 atom stereocenters. The number of aryl methyl sites for hydroxylation is 1. The summed E-state index contributed by atoms with van der Waals surface area (Å²) in [6.07, 6.45) is 1.51. The largest absolute Gasteiger partial charge is 0.497 e. The molecule has 0 spiro atoms. The highest BCUT2D eigenvalue weighted by molar-refractivity contribution is 7.99. The molecule has 1 saturated heterocycles.